The second kappa shape index (κ2) is 8.96. The molecule has 0 bridgehead atoms. The molecular formula is C22H24N2O4S. The Kier molecular flexibility index (Phi) is 6.39. The van der Waals surface area contributed by atoms with Crippen LogP contribution >= 0.6 is 11.3 Å². The van der Waals surface area contributed by atoms with Crippen LogP contribution in [0, 0.1) is 13.8 Å². The van der Waals surface area contributed by atoms with Crippen molar-refractivity contribution in [1.29, 1.82) is 0 Å². The van der Waals surface area contributed by atoms with E-state index in [-0.39, 0.29) is 5.91 Å². The molecule has 1 amide bonds. The number of rotatable bonds is 7. The van der Waals surface area contributed by atoms with Gasteiger partial charge in [0.15, 0.2) is 0 Å². The molecule has 6 nitrogen and oxygen atoms in total. The molecule has 0 aliphatic heterocycles. The van der Waals surface area contributed by atoms with E-state index in [0.717, 1.165) is 16.2 Å². The smallest absolute Gasteiger partial charge is 0.339 e. The highest BCUT2D eigenvalue weighted by atomic mass is 32.1. The highest BCUT2D eigenvalue weighted by molar-refractivity contribution is 7.09. The van der Waals surface area contributed by atoms with Crippen LogP contribution in [-0.2, 0) is 17.8 Å². The summed E-state index contributed by atoms with van der Waals surface area (Å²) in [6.45, 7) is 4.36. The van der Waals surface area contributed by atoms with Crippen molar-refractivity contribution in [3.63, 3.8) is 0 Å². The lowest BCUT2D eigenvalue weighted by Gasteiger charge is -2.23. The van der Waals surface area contributed by atoms with Crippen molar-refractivity contribution in [3.05, 3.63) is 74.7 Å². The standard InChI is InChI=1S/C22H24N2O4S/c1-14-19(22(26)28-4)15(2)23-20(14)21(25)24(13-17-9-7-11-29-17)12-16-8-5-6-10-18(16)27-3/h5-11,23H,12-13H2,1-4H3. The van der Waals surface area contributed by atoms with Crippen molar-refractivity contribution in [2.75, 3.05) is 14.2 Å². The van der Waals surface area contributed by atoms with Gasteiger partial charge in [0, 0.05) is 16.1 Å². The predicted octanol–water partition coefficient (Wildman–Crippen LogP) is 4.33. The number of thiophene rings is 1. The predicted molar refractivity (Wildman–Crippen MR) is 112 cm³/mol. The molecule has 0 aliphatic carbocycles. The number of aromatic amines is 1. The molecule has 3 rings (SSSR count). The van der Waals surface area contributed by atoms with Gasteiger partial charge in [0.05, 0.1) is 32.9 Å². The molecule has 0 fully saturated rings. The number of H-pyrrole nitrogens is 1. The summed E-state index contributed by atoms with van der Waals surface area (Å²) in [7, 11) is 2.95. The summed E-state index contributed by atoms with van der Waals surface area (Å²) in [6, 6.07) is 11.6. The maximum atomic E-state index is 13.5. The molecular weight excluding hydrogens is 388 g/mol. The quantitative estimate of drug-likeness (QED) is 0.586. The van der Waals surface area contributed by atoms with Crippen LogP contribution < -0.4 is 4.74 Å². The summed E-state index contributed by atoms with van der Waals surface area (Å²) in [5.41, 5.74) is 2.93. The Morgan fingerprint density at radius 1 is 1.07 bits per heavy atom. The molecule has 1 aromatic carbocycles. The van der Waals surface area contributed by atoms with Gasteiger partial charge >= 0.3 is 5.97 Å². The SMILES string of the molecule is COC(=O)c1c(C)[nH]c(C(=O)N(Cc2cccs2)Cc2ccccc2OC)c1C. The summed E-state index contributed by atoms with van der Waals surface area (Å²) < 4.78 is 10.3. The van der Waals surface area contributed by atoms with Crippen LogP contribution in [0.2, 0.25) is 0 Å². The summed E-state index contributed by atoms with van der Waals surface area (Å²) in [6.07, 6.45) is 0. The Hall–Kier alpha value is -3.06. The number of carbonyl (C=O) groups excluding carboxylic acids is 2. The highest BCUT2D eigenvalue weighted by Crippen LogP contribution is 2.25. The maximum Gasteiger partial charge on any atom is 0.339 e. The number of hydrogen-bond donors (Lipinski definition) is 1. The van der Waals surface area contributed by atoms with Gasteiger partial charge in [0.25, 0.3) is 5.91 Å². The van der Waals surface area contributed by atoms with Gasteiger partial charge in [0.1, 0.15) is 11.4 Å². The molecule has 0 atom stereocenters. The van der Waals surface area contributed by atoms with E-state index in [1.165, 1.54) is 7.11 Å². The summed E-state index contributed by atoms with van der Waals surface area (Å²) in [5.74, 6) is 0.0935. The van der Waals surface area contributed by atoms with Crippen LogP contribution in [0.5, 0.6) is 5.75 Å². The molecule has 29 heavy (non-hydrogen) atoms. The Bertz CT molecular complexity index is 1010. The number of carbonyl (C=O) groups is 2. The van der Waals surface area contributed by atoms with Gasteiger partial charge in [-0.2, -0.15) is 0 Å². The van der Waals surface area contributed by atoms with E-state index in [2.05, 4.69) is 4.98 Å². The zero-order valence-electron chi connectivity index (χ0n) is 16.9. The number of hydrogen-bond acceptors (Lipinski definition) is 5. The van der Waals surface area contributed by atoms with E-state index in [1.54, 1.807) is 37.2 Å². The number of para-hydroxylation sites is 1. The number of nitrogens with one attached hydrogen (secondary N) is 1. The molecule has 0 saturated heterocycles. The Morgan fingerprint density at radius 3 is 2.48 bits per heavy atom. The van der Waals surface area contributed by atoms with Crippen LogP contribution in [0.3, 0.4) is 0 Å². The largest absolute Gasteiger partial charge is 0.496 e. The fourth-order valence-corrected chi connectivity index (χ4v) is 4.08. The van der Waals surface area contributed by atoms with Crippen LogP contribution in [-0.4, -0.2) is 36.0 Å². The van der Waals surface area contributed by atoms with Crippen molar-refractivity contribution in [2.45, 2.75) is 26.9 Å². The third-order valence-corrected chi connectivity index (χ3v) is 5.67. The van der Waals surface area contributed by atoms with E-state index in [0.29, 0.717) is 35.6 Å². The highest BCUT2D eigenvalue weighted by Gasteiger charge is 2.26. The van der Waals surface area contributed by atoms with E-state index in [9.17, 15) is 9.59 Å². The van der Waals surface area contributed by atoms with Crippen molar-refractivity contribution >= 4 is 23.2 Å². The molecule has 152 valence electrons. The number of amides is 1. The monoisotopic (exact) mass is 412 g/mol. The Balaban J connectivity index is 1.98. The van der Waals surface area contributed by atoms with Gasteiger partial charge in [-0.1, -0.05) is 24.3 Å². The molecule has 0 unspecified atom stereocenters. The zero-order valence-corrected chi connectivity index (χ0v) is 17.8. The van der Waals surface area contributed by atoms with E-state index >= 15 is 0 Å². The van der Waals surface area contributed by atoms with E-state index < -0.39 is 5.97 Å². The topological polar surface area (TPSA) is 71.6 Å². The lowest BCUT2D eigenvalue weighted by Crippen LogP contribution is -2.30. The van der Waals surface area contributed by atoms with Gasteiger partial charge in [-0.3, -0.25) is 4.79 Å². The third-order valence-electron chi connectivity index (χ3n) is 4.81. The van der Waals surface area contributed by atoms with Crippen LogP contribution in [0.1, 0.15) is 42.5 Å². The first kappa shape index (κ1) is 20.7. The molecule has 0 aliphatic rings. The first-order chi connectivity index (χ1) is 14.0. The molecule has 0 saturated carbocycles. The summed E-state index contributed by atoms with van der Waals surface area (Å²) in [4.78, 5) is 31.5. The Labute approximate surface area is 174 Å². The number of nitrogens with zero attached hydrogens (tertiary/aromatic N) is 1. The first-order valence-electron chi connectivity index (χ1n) is 9.17. The number of esters is 1. The van der Waals surface area contributed by atoms with E-state index in [4.69, 9.17) is 9.47 Å². The average molecular weight is 413 g/mol. The van der Waals surface area contributed by atoms with Crippen LogP contribution in [0.15, 0.2) is 41.8 Å². The molecule has 0 radical (unpaired) electrons. The lowest BCUT2D eigenvalue weighted by molar-refractivity contribution is 0.0599. The van der Waals surface area contributed by atoms with Gasteiger partial charge in [-0.25, -0.2) is 4.79 Å². The fourth-order valence-electron chi connectivity index (χ4n) is 3.36. The van der Waals surface area contributed by atoms with Crippen molar-refractivity contribution in [2.24, 2.45) is 0 Å². The number of benzene rings is 1. The van der Waals surface area contributed by atoms with Gasteiger partial charge in [0.2, 0.25) is 0 Å². The number of ether oxygens (including phenoxy) is 2. The summed E-state index contributed by atoms with van der Waals surface area (Å²) in [5, 5.41) is 1.99. The number of aryl methyl sites for hydroxylation is 1. The molecule has 2 heterocycles. The van der Waals surface area contributed by atoms with Gasteiger partial charge < -0.3 is 19.4 Å². The van der Waals surface area contributed by atoms with Crippen LogP contribution in [0.25, 0.3) is 0 Å². The van der Waals surface area contributed by atoms with Crippen molar-refractivity contribution in [3.8, 4) is 5.75 Å². The molecule has 7 heteroatoms. The number of methoxy groups -OCH3 is 2. The van der Waals surface area contributed by atoms with Gasteiger partial charge in [-0.15, -0.1) is 11.3 Å². The molecule has 2 aromatic heterocycles. The van der Waals surface area contributed by atoms with Crippen molar-refractivity contribution in [1.82, 2.24) is 9.88 Å². The second-order valence-electron chi connectivity index (χ2n) is 6.67. The van der Waals surface area contributed by atoms with Crippen molar-refractivity contribution < 1.29 is 19.1 Å². The molecule has 3 aromatic rings. The number of aromatic nitrogens is 1. The fraction of sp³-hybridized carbons (Fsp3) is 0.273. The maximum absolute atomic E-state index is 13.5. The van der Waals surface area contributed by atoms with E-state index in [1.807, 2.05) is 41.8 Å². The lowest BCUT2D eigenvalue weighted by atomic mass is 10.1. The third kappa shape index (κ3) is 4.35. The van der Waals surface area contributed by atoms with Crippen LogP contribution in [0.4, 0.5) is 0 Å². The minimum Gasteiger partial charge on any atom is -0.496 e. The first-order valence-corrected chi connectivity index (χ1v) is 10.0. The second-order valence-corrected chi connectivity index (χ2v) is 7.70. The van der Waals surface area contributed by atoms with Gasteiger partial charge in [-0.05, 0) is 36.9 Å². The summed E-state index contributed by atoms with van der Waals surface area (Å²) >= 11 is 1.60. The zero-order chi connectivity index (χ0) is 21.0. The molecule has 0 spiro atoms. The molecule has 1 N–H and O–H groups in total. The minimum atomic E-state index is -0.454. The Morgan fingerprint density at radius 2 is 1.83 bits per heavy atom. The minimum absolute atomic E-state index is 0.181. The normalized spacial score (nSPS) is 10.6. The average Bonchev–Trinajstić information content (AvgIpc) is 3.34.